The molecule has 0 saturated carbocycles. The molecule has 0 spiro atoms. The van der Waals surface area contributed by atoms with Crippen LogP contribution in [0.15, 0.2) is 243 Å². The molecule has 0 aliphatic heterocycles. The molecule has 0 aliphatic carbocycles. The van der Waals surface area contributed by atoms with E-state index in [-0.39, 0.29) is 0 Å². The first kappa shape index (κ1) is 38.8. The monoisotopic (exact) mass is 880 g/mol. The maximum atomic E-state index is 5.47. The quantitative estimate of drug-likeness (QED) is 0.160. The summed E-state index contributed by atoms with van der Waals surface area (Å²) < 4.78 is 7.23. The summed E-state index contributed by atoms with van der Waals surface area (Å²) in [6.07, 6.45) is 0. The Bertz CT molecular complexity index is 4230. The van der Waals surface area contributed by atoms with E-state index in [1.807, 2.05) is 24.3 Å². The van der Waals surface area contributed by atoms with Crippen molar-refractivity contribution in [3.8, 4) is 62.4 Å². The Labute approximate surface area is 397 Å². The van der Waals surface area contributed by atoms with Crippen LogP contribution < -0.4 is 0 Å². The molecule has 0 unspecified atom stereocenters. The molecule has 0 bridgehead atoms. The molecule has 0 N–H and O–H groups in total. The molecule has 0 atom stereocenters. The van der Waals surface area contributed by atoms with Gasteiger partial charge in [0, 0.05) is 49.1 Å². The Balaban J connectivity index is 1.15. The van der Waals surface area contributed by atoms with Crippen molar-refractivity contribution in [1.29, 1.82) is 0 Å². The smallest absolute Gasteiger partial charge is 0.238 e. The summed E-state index contributed by atoms with van der Waals surface area (Å²) in [6, 6.07) is 86.3. The van der Waals surface area contributed by atoms with Crippen molar-refractivity contribution in [3.63, 3.8) is 0 Å². The van der Waals surface area contributed by atoms with Crippen molar-refractivity contribution in [2.45, 2.75) is 0 Å². The molecule has 322 valence electrons. The molecule has 6 nitrogen and oxygen atoms in total. The van der Waals surface area contributed by atoms with Crippen molar-refractivity contribution in [2.75, 3.05) is 0 Å². The highest BCUT2D eigenvalue weighted by atomic mass is 15.2. The van der Waals surface area contributed by atoms with Crippen LogP contribution in [0, 0.1) is 0 Å². The summed E-state index contributed by atoms with van der Waals surface area (Å²) in [6.45, 7) is 0. The van der Waals surface area contributed by atoms with Crippen LogP contribution in [0.3, 0.4) is 0 Å². The Hall–Kier alpha value is -9.39. The fourth-order valence-electron chi connectivity index (χ4n) is 10.6. The second-order valence-corrected chi connectivity index (χ2v) is 17.6. The van der Waals surface area contributed by atoms with Crippen molar-refractivity contribution >= 4 is 65.4 Å². The molecule has 14 aromatic rings. The van der Waals surface area contributed by atoms with Gasteiger partial charge in [0.05, 0.1) is 38.8 Å². The van der Waals surface area contributed by atoms with E-state index in [0.717, 1.165) is 99.4 Å². The normalized spacial score (nSPS) is 11.8. The number of nitrogens with zero attached hydrogens (tertiary/aromatic N) is 6. The lowest BCUT2D eigenvalue weighted by Gasteiger charge is -2.16. The largest absolute Gasteiger partial charge is 0.309 e. The van der Waals surface area contributed by atoms with E-state index in [0.29, 0.717) is 17.6 Å². The molecule has 0 radical (unpaired) electrons. The van der Waals surface area contributed by atoms with Gasteiger partial charge >= 0.3 is 0 Å². The minimum absolute atomic E-state index is 0.540. The van der Waals surface area contributed by atoms with E-state index >= 15 is 0 Å². The Morgan fingerprint density at radius 2 is 0.681 bits per heavy atom. The van der Waals surface area contributed by atoms with E-state index in [4.69, 9.17) is 15.0 Å². The summed E-state index contributed by atoms with van der Waals surface area (Å²) in [5.41, 5.74) is 15.0. The van der Waals surface area contributed by atoms with E-state index in [1.54, 1.807) is 0 Å². The number of benzene rings is 10. The molecule has 4 heterocycles. The zero-order valence-electron chi connectivity index (χ0n) is 37.3. The zero-order chi connectivity index (χ0) is 45.4. The number of rotatable bonds is 7. The fourth-order valence-corrected chi connectivity index (χ4v) is 10.6. The van der Waals surface area contributed by atoms with Gasteiger partial charge in [0.1, 0.15) is 0 Å². The molecule has 14 rings (SSSR count). The van der Waals surface area contributed by atoms with Gasteiger partial charge in [-0.1, -0.05) is 200 Å². The van der Waals surface area contributed by atoms with E-state index < -0.39 is 0 Å². The molecule has 10 aromatic carbocycles. The lowest BCUT2D eigenvalue weighted by molar-refractivity contribution is 0.953. The van der Waals surface area contributed by atoms with Crippen LogP contribution in [-0.4, -0.2) is 28.7 Å². The van der Waals surface area contributed by atoms with Crippen LogP contribution in [0.1, 0.15) is 0 Å². The molecular weight excluding hydrogens is 841 g/mol. The number of hydrogen-bond donors (Lipinski definition) is 0. The molecule has 0 amide bonds. The molecular formula is C63H40N6. The summed E-state index contributed by atoms with van der Waals surface area (Å²) in [5.74, 6) is 1.74. The number of hydrogen-bond acceptors (Lipinski definition) is 3. The average Bonchev–Trinajstić information content (AvgIpc) is 4.08. The lowest BCUT2D eigenvalue weighted by Crippen LogP contribution is -2.07. The van der Waals surface area contributed by atoms with Crippen LogP contribution in [0.4, 0.5) is 0 Å². The molecule has 69 heavy (non-hydrogen) atoms. The SMILES string of the molecule is c1ccc(-c2ccc(-c3nc(-c4ccccc4)nc(-n4c5ccccc5c5cc(-n6c7ccccc7c7ccccc76)c6c7ccccc7n(-c7cccc(-c8ccccc8)c7)c6c54)n3)cc2)cc1. The molecule has 4 aromatic heterocycles. The number of para-hydroxylation sites is 4. The van der Waals surface area contributed by atoms with Crippen molar-refractivity contribution in [2.24, 2.45) is 0 Å². The van der Waals surface area contributed by atoms with Crippen molar-refractivity contribution in [1.82, 2.24) is 28.7 Å². The third-order valence-corrected chi connectivity index (χ3v) is 13.7. The third-order valence-electron chi connectivity index (χ3n) is 13.7. The average molecular weight is 881 g/mol. The minimum Gasteiger partial charge on any atom is -0.309 e. The Morgan fingerprint density at radius 1 is 0.261 bits per heavy atom. The van der Waals surface area contributed by atoms with Gasteiger partial charge in [-0.2, -0.15) is 9.97 Å². The van der Waals surface area contributed by atoms with Gasteiger partial charge in [0.15, 0.2) is 11.6 Å². The van der Waals surface area contributed by atoms with E-state index in [2.05, 4.69) is 232 Å². The molecule has 0 saturated heterocycles. The van der Waals surface area contributed by atoms with Crippen LogP contribution in [0.2, 0.25) is 0 Å². The van der Waals surface area contributed by atoms with Gasteiger partial charge in [0.25, 0.3) is 0 Å². The molecule has 6 heteroatoms. The Kier molecular flexibility index (Phi) is 8.79. The van der Waals surface area contributed by atoms with Crippen LogP contribution in [-0.2, 0) is 0 Å². The molecule has 0 fully saturated rings. The van der Waals surface area contributed by atoms with Crippen molar-refractivity contribution in [3.05, 3.63) is 243 Å². The number of fused-ring (bicyclic) bond motifs is 10. The predicted molar refractivity (Wildman–Crippen MR) is 285 cm³/mol. The Morgan fingerprint density at radius 3 is 1.28 bits per heavy atom. The van der Waals surface area contributed by atoms with Crippen LogP contribution >= 0.6 is 0 Å². The van der Waals surface area contributed by atoms with Gasteiger partial charge in [-0.15, -0.1) is 0 Å². The predicted octanol–water partition coefficient (Wildman–Crippen LogP) is 15.8. The van der Waals surface area contributed by atoms with Gasteiger partial charge in [-0.05, 0) is 64.7 Å². The summed E-state index contributed by atoms with van der Waals surface area (Å²) in [4.78, 5) is 16.1. The van der Waals surface area contributed by atoms with Gasteiger partial charge in [-0.25, -0.2) is 4.98 Å². The first-order valence-corrected chi connectivity index (χ1v) is 23.4. The molecule has 0 aliphatic rings. The minimum atomic E-state index is 0.540. The summed E-state index contributed by atoms with van der Waals surface area (Å²) in [7, 11) is 0. The fraction of sp³-hybridized carbons (Fsp3) is 0. The van der Waals surface area contributed by atoms with Crippen LogP contribution in [0.5, 0.6) is 0 Å². The van der Waals surface area contributed by atoms with Crippen molar-refractivity contribution < 1.29 is 0 Å². The lowest BCUT2D eigenvalue weighted by atomic mass is 10.0. The summed E-state index contributed by atoms with van der Waals surface area (Å²) in [5, 5.41) is 6.90. The van der Waals surface area contributed by atoms with Gasteiger partial charge in [-0.3, -0.25) is 4.57 Å². The van der Waals surface area contributed by atoms with E-state index in [1.165, 1.54) is 10.8 Å². The second kappa shape index (κ2) is 15.6. The topological polar surface area (TPSA) is 53.5 Å². The van der Waals surface area contributed by atoms with E-state index in [9.17, 15) is 0 Å². The first-order valence-electron chi connectivity index (χ1n) is 23.4. The highest BCUT2D eigenvalue weighted by Gasteiger charge is 2.27. The summed E-state index contributed by atoms with van der Waals surface area (Å²) >= 11 is 0. The zero-order valence-corrected chi connectivity index (χ0v) is 37.3. The highest BCUT2D eigenvalue weighted by molar-refractivity contribution is 6.27. The second-order valence-electron chi connectivity index (χ2n) is 17.6. The third kappa shape index (κ3) is 6.16. The van der Waals surface area contributed by atoms with Crippen LogP contribution in [0.25, 0.3) is 128 Å². The van der Waals surface area contributed by atoms with Gasteiger partial charge < -0.3 is 9.13 Å². The highest BCUT2D eigenvalue weighted by Crippen LogP contribution is 2.46. The standard InChI is InChI=1S/C63H40N6/c1-4-19-41(20-5-1)43-35-37-45(38-36-43)62-64-61(44-23-8-3-9-24-44)65-63(66-62)69-55-33-16-12-29-50(55)52-40-57(68-53-31-14-10-27-48(53)49-28-11-15-32-54(49)68)58-51-30-13-17-34-56(51)67(60(58)59(52)69)47-26-18-25-46(39-47)42-21-6-2-7-22-42/h1-40H. The maximum absolute atomic E-state index is 5.47. The first-order chi connectivity index (χ1) is 34.2. The van der Waals surface area contributed by atoms with Gasteiger partial charge in [0.2, 0.25) is 5.95 Å². The number of aromatic nitrogens is 6. The maximum Gasteiger partial charge on any atom is 0.238 e.